The number of aliphatic hydroxyl groups is 1. The third kappa shape index (κ3) is 2.66. The molecule has 1 aromatic heterocycles. The molecule has 122 valence electrons. The van der Waals surface area contributed by atoms with Crippen molar-refractivity contribution in [1.29, 1.82) is 0 Å². The highest BCUT2D eigenvalue weighted by Gasteiger charge is 2.28. The molecule has 2 aromatic carbocycles. The van der Waals surface area contributed by atoms with Crippen molar-refractivity contribution >= 4 is 17.3 Å². The summed E-state index contributed by atoms with van der Waals surface area (Å²) in [6.45, 7) is 1.37. The van der Waals surface area contributed by atoms with E-state index >= 15 is 0 Å². The lowest BCUT2D eigenvalue weighted by atomic mass is 10.0. The van der Waals surface area contributed by atoms with Crippen molar-refractivity contribution in [3.8, 4) is 11.5 Å². The highest BCUT2D eigenvalue weighted by atomic mass is 35.5. The van der Waals surface area contributed by atoms with Crippen LogP contribution in [-0.4, -0.2) is 28.5 Å². The maximum absolute atomic E-state index is 9.59. The average molecular weight is 342 g/mol. The third-order valence-corrected chi connectivity index (χ3v) is 4.61. The van der Waals surface area contributed by atoms with E-state index in [-0.39, 0.29) is 12.5 Å². The molecule has 0 saturated heterocycles. The standard InChI is InChI=1S/C18H16ClN3O2/c19-15-7-3-1-6-14(15)18-21-20-17(24-18)10-22-9-12(11-23)13-5-2-4-8-16(13)22/h1-8,12,23H,9-11H2. The second kappa shape index (κ2) is 6.26. The molecular weight excluding hydrogens is 326 g/mol. The van der Waals surface area contributed by atoms with E-state index in [4.69, 9.17) is 16.0 Å². The van der Waals surface area contributed by atoms with Crippen molar-refractivity contribution in [1.82, 2.24) is 10.2 Å². The van der Waals surface area contributed by atoms with Crippen LogP contribution in [0.3, 0.4) is 0 Å². The number of rotatable bonds is 4. The Balaban J connectivity index is 1.58. The van der Waals surface area contributed by atoms with Gasteiger partial charge in [-0.2, -0.15) is 0 Å². The van der Waals surface area contributed by atoms with Gasteiger partial charge in [-0.3, -0.25) is 0 Å². The topological polar surface area (TPSA) is 62.4 Å². The van der Waals surface area contributed by atoms with Crippen molar-refractivity contribution in [2.24, 2.45) is 0 Å². The molecule has 1 N–H and O–H groups in total. The minimum atomic E-state index is 0.118. The molecule has 0 radical (unpaired) electrons. The molecule has 1 aliphatic rings. The van der Waals surface area contributed by atoms with Crippen LogP contribution in [0, 0.1) is 0 Å². The van der Waals surface area contributed by atoms with Crippen LogP contribution >= 0.6 is 11.6 Å². The van der Waals surface area contributed by atoms with Crippen LogP contribution in [0.15, 0.2) is 52.9 Å². The molecule has 1 atom stereocenters. The smallest absolute Gasteiger partial charge is 0.249 e. The number of nitrogens with zero attached hydrogens (tertiary/aromatic N) is 3. The van der Waals surface area contributed by atoms with Gasteiger partial charge in [0.15, 0.2) is 0 Å². The van der Waals surface area contributed by atoms with Gasteiger partial charge in [0.05, 0.1) is 23.7 Å². The van der Waals surface area contributed by atoms with E-state index in [1.165, 1.54) is 0 Å². The fraction of sp³-hybridized carbons (Fsp3) is 0.222. The van der Waals surface area contributed by atoms with Gasteiger partial charge in [0.1, 0.15) is 0 Å². The maximum Gasteiger partial charge on any atom is 0.249 e. The summed E-state index contributed by atoms with van der Waals surface area (Å²) in [7, 11) is 0. The molecule has 0 aliphatic carbocycles. The lowest BCUT2D eigenvalue weighted by molar-refractivity contribution is 0.270. The van der Waals surface area contributed by atoms with Crippen LogP contribution in [0.1, 0.15) is 17.4 Å². The Kier molecular flexibility index (Phi) is 3.96. The maximum atomic E-state index is 9.59. The van der Waals surface area contributed by atoms with E-state index in [0.717, 1.165) is 23.4 Å². The highest BCUT2D eigenvalue weighted by molar-refractivity contribution is 6.33. The van der Waals surface area contributed by atoms with Crippen molar-refractivity contribution in [3.63, 3.8) is 0 Å². The number of aromatic nitrogens is 2. The first kappa shape index (κ1) is 15.2. The zero-order chi connectivity index (χ0) is 16.5. The lowest BCUT2D eigenvalue weighted by Gasteiger charge is -2.17. The molecule has 0 fully saturated rings. The van der Waals surface area contributed by atoms with Crippen molar-refractivity contribution < 1.29 is 9.52 Å². The monoisotopic (exact) mass is 341 g/mol. The Morgan fingerprint density at radius 3 is 2.75 bits per heavy atom. The summed E-state index contributed by atoms with van der Waals surface area (Å²) in [5, 5.41) is 18.4. The van der Waals surface area contributed by atoms with E-state index in [1.54, 1.807) is 6.07 Å². The van der Waals surface area contributed by atoms with E-state index in [2.05, 4.69) is 27.2 Å². The van der Waals surface area contributed by atoms with Crippen LogP contribution in [0.2, 0.25) is 5.02 Å². The number of para-hydroxylation sites is 1. The van der Waals surface area contributed by atoms with Gasteiger partial charge in [0, 0.05) is 18.2 Å². The molecule has 0 amide bonds. The first-order chi connectivity index (χ1) is 11.8. The first-order valence-corrected chi connectivity index (χ1v) is 8.16. The highest BCUT2D eigenvalue weighted by Crippen LogP contribution is 2.36. The van der Waals surface area contributed by atoms with Gasteiger partial charge in [-0.15, -0.1) is 10.2 Å². The number of fused-ring (bicyclic) bond motifs is 1. The Morgan fingerprint density at radius 2 is 1.92 bits per heavy atom. The quantitative estimate of drug-likeness (QED) is 0.787. The summed E-state index contributed by atoms with van der Waals surface area (Å²) in [5.41, 5.74) is 2.99. The number of halogens is 1. The van der Waals surface area contributed by atoms with Crippen LogP contribution in [0.5, 0.6) is 0 Å². The van der Waals surface area contributed by atoms with Gasteiger partial charge in [-0.05, 0) is 23.8 Å². The number of benzene rings is 2. The molecule has 24 heavy (non-hydrogen) atoms. The Bertz CT molecular complexity index is 865. The molecule has 0 bridgehead atoms. The van der Waals surface area contributed by atoms with Gasteiger partial charge in [0.2, 0.25) is 11.8 Å². The van der Waals surface area contributed by atoms with Crippen LogP contribution in [0.4, 0.5) is 5.69 Å². The molecule has 6 heteroatoms. The minimum absolute atomic E-state index is 0.118. The van der Waals surface area contributed by atoms with Crippen molar-refractivity contribution in [2.75, 3.05) is 18.1 Å². The molecule has 1 unspecified atom stereocenters. The fourth-order valence-corrected chi connectivity index (χ4v) is 3.33. The van der Waals surface area contributed by atoms with Gasteiger partial charge in [0.25, 0.3) is 0 Å². The fourth-order valence-electron chi connectivity index (χ4n) is 3.11. The summed E-state index contributed by atoms with van der Waals surface area (Å²) in [4.78, 5) is 2.15. The number of hydrogen-bond donors (Lipinski definition) is 1. The van der Waals surface area contributed by atoms with Gasteiger partial charge >= 0.3 is 0 Å². The normalized spacial score (nSPS) is 16.4. The summed E-state index contributed by atoms with van der Waals surface area (Å²) >= 11 is 6.18. The third-order valence-electron chi connectivity index (χ3n) is 4.28. The van der Waals surface area contributed by atoms with Crippen molar-refractivity contribution in [3.05, 3.63) is 65.0 Å². The Labute approximate surface area is 144 Å². The molecule has 3 aromatic rings. The second-order valence-electron chi connectivity index (χ2n) is 5.80. The SMILES string of the molecule is OCC1CN(Cc2nnc(-c3ccccc3Cl)o2)c2ccccc21. The van der Waals surface area contributed by atoms with E-state index in [1.807, 2.05) is 30.3 Å². The van der Waals surface area contributed by atoms with E-state index in [9.17, 15) is 5.11 Å². The van der Waals surface area contributed by atoms with Crippen LogP contribution < -0.4 is 4.90 Å². The number of hydrogen-bond acceptors (Lipinski definition) is 5. The van der Waals surface area contributed by atoms with Gasteiger partial charge in [-0.25, -0.2) is 0 Å². The molecule has 0 spiro atoms. The number of anilines is 1. The minimum Gasteiger partial charge on any atom is -0.419 e. The first-order valence-electron chi connectivity index (χ1n) is 7.78. The molecule has 1 aliphatic heterocycles. The molecule has 4 rings (SSSR count). The zero-order valence-electron chi connectivity index (χ0n) is 12.9. The van der Waals surface area contributed by atoms with Gasteiger partial charge in [-0.1, -0.05) is 41.9 Å². The lowest BCUT2D eigenvalue weighted by Crippen LogP contribution is -2.22. The second-order valence-corrected chi connectivity index (χ2v) is 6.21. The average Bonchev–Trinajstić information content (AvgIpc) is 3.21. The largest absolute Gasteiger partial charge is 0.419 e. The molecule has 5 nitrogen and oxygen atoms in total. The van der Waals surface area contributed by atoms with Crippen LogP contribution in [-0.2, 0) is 6.54 Å². The Hall–Kier alpha value is -2.37. The summed E-state index contributed by atoms with van der Waals surface area (Å²) in [5.74, 6) is 1.06. The summed E-state index contributed by atoms with van der Waals surface area (Å²) in [6, 6.07) is 15.5. The molecular formula is C18H16ClN3O2. The molecule has 0 saturated carbocycles. The van der Waals surface area contributed by atoms with Crippen LogP contribution in [0.25, 0.3) is 11.5 Å². The van der Waals surface area contributed by atoms with Gasteiger partial charge < -0.3 is 14.4 Å². The van der Waals surface area contributed by atoms with E-state index < -0.39 is 0 Å². The van der Waals surface area contributed by atoms with E-state index in [0.29, 0.717) is 23.3 Å². The Morgan fingerprint density at radius 1 is 1.12 bits per heavy atom. The summed E-state index contributed by atoms with van der Waals surface area (Å²) < 4.78 is 5.79. The number of aliphatic hydroxyl groups excluding tert-OH is 1. The predicted octanol–water partition coefficient (Wildman–Crippen LogP) is 3.49. The summed E-state index contributed by atoms with van der Waals surface area (Å²) in [6.07, 6.45) is 0. The predicted molar refractivity (Wildman–Crippen MR) is 92.1 cm³/mol. The molecule has 2 heterocycles. The van der Waals surface area contributed by atoms with Crippen molar-refractivity contribution in [2.45, 2.75) is 12.5 Å². The zero-order valence-corrected chi connectivity index (χ0v) is 13.6.